The summed E-state index contributed by atoms with van der Waals surface area (Å²) in [7, 11) is 0. The van der Waals surface area contributed by atoms with Crippen LogP contribution in [0.3, 0.4) is 0 Å². The highest BCUT2D eigenvalue weighted by Gasteiger charge is 2.22. The molecule has 0 aromatic heterocycles. The van der Waals surface area contributed by atoms with Crippen LogP contribution < -0.4 is 5.32 Å². The highest BCUT2D eigenvalue weighted by Crippen LogP contribution is 2.13. The van der Waals surface area contributed by atoms with Crippen LogP contribution >= 0.6 is 0 Å². The van der Waals surface area contributed by atoms with Crippen LogP contribution in [0.4, 0.5) is 0 Å². The van der Waals surface area contributed by atoms with Gasteiger partial charge in [0, 0.05) is 24.2 Å². The summed E-state index contributed by atoms with van der Waals surface area (Å²) >= 11 is 0. The van der Waals surface area contributed by atoms with Gasteiger partial charge in [-0.05, 0) is 20.8 Å². The van der Waals surface area contributed by atoms with Gasteiger partial charge in [-0.2, -0.15) is 0 Å². The Morgan fingerprint density at radius 1 is 1.56 bits per heavy atom. The van der Waals surface area contributed by atoms with E-state index < -0.39 is 5.97 Å². The minimum atomic E-state index is -0.453. The molecule has 0 fully saturated rings. The lowest BCUT2D eigenvalue weighted by atomic mass is 10.1. The first-order valence-corrected chi connectivity index (χ1v) is 5.28. The lowest BCUT2D eigenvalue weighted by molar-refractivity contribution is -0.135. The van der Waals surface area contributed by atoms with Gasteiger partial charge in [0.05, 0.1) is 6.61 Å². The largest absolute Gasteiger partial charge is 0.461 e. The Morgan fingerprint density at radius 2 is 2.25 bits per heavy atom. The molecule has 0 aromatic carbocycles. The van der Waals surface area contributed by atoms with Crippen LogP contribution in [0.2, 0.25) is 0 Å². The average molecular weight is 224 g/mol. The van der Waals surface area contributed by atoms with E-state index in [9.17, 15) is 9.59 Å². The Morgan fingerprint density at radius 3 is 2.81 bits per heavy atom. The highest BCUT2D eigenvalue weighted by molar-refractivity contribution is 6.38. The van der Waals surface area contributed by atoms with Crippen LogP contribution in [-0.2, 0) is 14.3 Å². The van der Waals surface area contributed by atoms with E-state index in [1.54, 1.807) is 6.92 Å². The van der Waals surface area contributed by atoms with E-state index in [0.717, 1.165) is 0 Å². The van der Waals surface area contributed by atoms with Crippen molar-refractivity contribution in [3.8, 4) is 0 Å². The van der Waals surface area contributed by atoms with Crippen molar-refractivity contribution < 1.29 is 14.3 Å². The van der Waals surface area contributed by atoms with E-state index in [1.807, 2.05) is 13.8 Å². The van der Waals surface area contributed by atoms with Gasteiger partial charge in [-0.3, -0.25) is 9.79 Å². The third-order valence-electron chi connectivity index (χ3n) is 1.96. The molecule has 1 amide bonds. The Balaban J connectivity index is 2.49. The van der Waals surface area contributed by atoms with Gasteiger partial charge in [0.15, 0.2) is 0 Å². The van der Waals surface area contributed by atoms with Crippen LogP contribution in [0.15, 0.2) is 16.8 Å². The van der Waals surface area contributed by atoms with E-state index in [1.165, 1.54) is 6.20 Å². The Labute approximate surface area is 94.6 Å². The molecule has 5 nitrogen and oxygen atoms in total. The molecule has 88 valence electrons. The molecule has 5 heteroatoms. The number of nitrogens with zero attached hydrogens (tertiary/aromatic N) is 1. The lowest BCUT2D eigenvalue weighted by Crippen LogP contribution is -2.31. The first-order valence-electron chi connectivity index (χ1n) is 5.28. The third-order valence-corrected chi connectivity index (χ3v) is 1.96. The number of aliphatic imine (C=N–C) groups is 1. The Hall–Kier alpha value is -1.65. The van der Waals surface area contributed by atoms with Gasteiger partial charge in [-0.1, -0.05) is 0 Å². The highest BCUT2D eigenvalue weighted by atomic mass is 16.5. The van der Waals surface area contributed by atoms with Crippen LogP contribution in [0.25, 0.3) is 0 Å². The zero-order chi connectivity index (χ0) is 12.1. The van der Waals surface area contributed by atoms with Crippen molar-refractivity contribution >= 4 is 17.6 Å². The fourth-order valence-corrected chi connectivity index (χ4v) is 1.26. The van der Waals surface area contributed by atoms with E-state index in [-0.39, 0.29) is 24.1 Å². The molecule has 0 unspecified atom stereocenters. The van der Waals surface area contributed by atoms with Crippen molar-refractivity contribution in [3.63, 3.8) is 0 Å². The van der Waals surface area contributed by atoms with Crippen LogP contribution in [0.1, 0.15) is 27.2 Å². The zero-order valence-corrected chi connectivity index (χ0v) is 9.74. The maximum absolute atomic E-state index is 11.6. The molecular formula is C11H16N2O3. The van der Waals surface area contributed by atoms with Crippen LogP contribution in [-0.4, -0.2) is 30.2 Å². The lowest BCUT2D eigenvalue weighted by Gasteiger charge is -2.08. The van der Waals surface area contributed by atoms with E-state index >= 15 is 0 Å². The van der Waals surface area contributed by atoms with Crippen molar-refractivity contribution in [1.29, 1.82) is 0 Å². The molecule has 1 rings (SSSR count). The molecular weight excluding hydrogens is 208 g/mol. The van der Waals surface area contributed by atoms with E-state index in [4.69, 9.17) is 4.74 Å². The quantitative estimate of drug-likeness (QED) is 0.718. The molecule has 16 heavy (non-hydrogen) atoms. The first kappa shape index (κ1) is 12.4. The topological polar surface area (TPSA) is 67.8 Å². The fraction of sp³-hybridized carbons (Fsp3) is 0.545. The number of hydrogen-bond donors (Lipinski definition) is 1. The van der Waals surface area contributed by atoms with Crippen LogP contribution in [0, 0.1) is 0 Å². The normalized spacial score (nSPS) is 14.5. The number of carbonyl (C=O) groups excluding carboxylic acids is 2. The number of carbonyl (C=O) groups is 2. The smallest absolute Gasteiger partial charge is 0.352 e. The number of nitrogens with one attached hydrogen (secondary N) is 1. The van der Waals surface area contributed by atoms with Crippen molar-refractivity contribution in [2.24, 2.45) is 4.99 Å². The third kappa shape index (κ3) is 3.18. The van der Waals surface area contributed by atoms with Crippen molar-refractivity contribution in [2.75, 3.05) is 6.61 Å². The summed E-state index contributed by atoms with van der Waals surface area (Å²) in [6.07, 6.45) is 1.67. The van der Waals surface area contributed by atoms with Gasteiger partial charge in [-0.15, -0.1) is 0 Å². The minimum Gasteiger partial charge on any atom is -0.461 e. The zero-order valence-electron chi connectivity index (χ0n) is 9.74. The standard InChI is InChI=1S/C11H16N2O3/c1-4-16-11(15)9-5-8(6-12-9)10(14)13-7(2)3/h6-7H,4-5H2,1-3H3,(H,13,14). The SMILES string of the molecule is CCOC(=O)C1=NC=C(C(=O)NC(C)C)C1. The molecule has 0 spiro atoms. The number of esters is 1. The van der Waals surface area contributed by atoms with Crippen LogP contribution in [0.5, 0.6) is 0 Å². The summed E-state index contributed by atoms with van der Waals surface area (Å²) in [5, 5.41) is 2.74. The average Bonchev–Trinajstić information content (AvgIpc) is 2.65. The molecule has 1 N–H and O–H groups in total. The molecule has 0 aromatic rings. The summed E-state index contributed by atoms with van der Waals surface area (Å²) in [6.45, 7) is 5.79. The monoisotopic (exact) mass is 224 g/mol. The molecule has 1 aliphatic rings. The van der Waals surface area contributed by atoms with Crippen molar-refractivity contribution in [3.05, 3.63) is 11.8 Å². The van der Waals surface area contributed by atoms with Gasteiger partial charge >= 0.3 is 5.97 Å². The minimum absolute atomic E-state index is 0.0695. The second kappa shape index (κ2) is 5.44. The molecule has 1 aliphatic heterocycles. The predicted octanol–water partition coefficient (Wildman–Crippen LogP) is 0.803. The summed E-state index contributed by atoms with van der Waals surface area (Å²) in [4.78, 5) is 26.8. The van der Waals surface area contributed by atoms with Gasteiger partial charge in [0.2, 0.25) is 5.91 Å². The van der Waals surface area contributed by atoms with Gasteiger partial charge in [-0.25, -0.2) is 4.79 Å². The first-order chi connectivity index (χ1) is 7.54. The van der Waals surface area contributed by atoms with Crippen molar-refractivity contribution in [1.82, 2.24) is 5.32 Å². The maximum atomic E-state index is 11.6. The summed E-state index contributed by atoms with van der Waals surface area (Å²) in [5.41, 5.74) is 0.785. The molecule has 0 bridgehead atoms. The Bertz CT molecular complexity index is 356. The van der Waals surface area contributed by atoms with E-state index in [0.29, 0.717) is 12.2 Å². The second-order valence-corrected chi connectivity index (χ2v) is 3.76. The number of rotatable bonds is 4. The molecule has 0 aliphatic carbocycles. The molecule has 0 saturated heterocycles. The van der Waals surface area contributed by atoms with E-state index in [2.05, 4.69) is 10.3 Å². The van der Waals surface area contributed by atoms with Gasteiger partial charge < -0.3 is 10.1 Å². The number of ether oxygens (including phenoxy) is 1. The maximum Gasteiger partial charge on any atom is 0.352 e. The Kier molecular flexibility index (Phi) is 4.22. The summed E-state index contributed by atoms with van der Waals surface area (Å²) in [5.74, 6) is -0.635. The molecule has 0 radical (unpaired) electrons. The number of hydrogen-bond acceptors (Lipinski definition) is 4. The van der Waals surface area contributed by atoms with Gasteiger partial charge in [0.25, 0.3) is 0 Å². The predicted molar refractivity (Wildman–Crippen MR) is 60.0 cm³/mol. The summed E-state index contributed by atoms with van der Waals surface area (Å²) < 4.78 is 4.80. The molecule has 1 heterocycles. The summed E-state index contributed by atoms with van der Waals surface area (Å²) in [6, 6.07) is 0.0695. The fourth-order valence-electron chi connectivity index (χ4n) is 1.26. The molecule has 0 saturated carbocycles. The second-order valence-electron chi connectivity index (χ2n) is 3.76. The number of amides is 1. The molecule has 0 atom stereocenters. The van der Waals surface area contributed by atoms with Gasteiger partial charge in [0.1, 0.15) is 5.71 Å². The van der Waals surface area contributed by atoms with Crippen molar-refractivity contribution in [2.45, 2.75) is 33.2 Å².